The fourth-order valence-electron chi connectivity index (χ4n) is 13.8. The van der Waals surface area contributed by atoms with Crippen LogP contribution in [0.25, 0.3) is 10.9 Å². The molecule has 16 heteroatoms. The number of para-hydroxylation sites is 1. The summed E-state index contributed by atoms with van der Waals surface area (Å²) in [5.41, 5.74) is -1.45. The van der Waals surface area contributed by atoms with Gasteiger partial charge in [0.25, 0.3) is 5.91 Å². The maximum atomic E-state index is 15.4. The van der Waals surface area contributed by atoms with Gasteiger partial charge in [0, 0.05) is 116 Å². The predicted octanol–water partition coefficient (Wildman–Crippen LogP) is 3.88. The van der Waals surface area contributed by atoms with Gasteiger partial charge in [-0.15, -0.1) is 0 Å². The number of ether oxygens (including phenoxy) is 2. The van der Waals surface area contributed by atoms with Gasteiger partial charge in [-0.3, -0.25) is 24.2 Å². The number of aromatic amines is 1. The average Bonchev–Trinajstić information content (AvgIpc) is 3.96. The number of aliphatic hydroxyl groups excluding tert-OH is 1. The zero-order valence-corrected chi connectivity index (χ0v) is 40.2. The lowest BCUT2D eigenvalue weighted by molar-refractivity contribution is -0.203. The average molecular weight is 931 g/mol. The zero-order chi connectivity index (χ0) is 46.1. The molecule has 1 unspecified atom stereocenters. The molecule has 2 amide bonds. The molecule has 1 saturated carbocycles. The summed E-state index contributed by atoms with van der Waals surface area (Å²) in [6, 6.07) is 11.1. The third kappa shape index (κ3) is 6.97. The largest absolute Gasteiger partial charge is 0.496 e. The van der Waals surface area contributed by atoms with Crippen LogP contribution in [0, 0.1) is 11.3 Å². The van der Waals surface area contributed by atoms with Crippen LogP contribution in [0.4, 0.5) is 5.69 Å². The Bertz CT molecular complexity index is 2380. The summed E-state index contributed by atoms with van der Waals surface area (Å²) in [5.74, 6) is 0.519. The van der Waals surface area contributed by atoms with E-state index in [0.717, 1.165) is 33.4 Å². The molecule has 10 atom stereocenters. The summed E-state index contributed by atoms with van der Waals surface area (Å²) in [6.45, 7) is 9.70. The molecule has 2 aromatic carbocycles. The van der Waals surface area contributed by atoms with E-state index in [0.29, 0.717) is 101 Å². The number of aromatic nitrogens is 1. The quantitative estimate of drug-likeness (QED) is 0.0631. The number of likely N-dealkylation sites (N-methyl/N-ethyl adjacent to an activating group) is 1. The molecule has 6 heterocycles. The molecule has 9 rings (SSSR count). The fourth-order valence-corrected chi connectivity index (χ4v) is 15.6. The van der Waals surface area contributed by atoms with E-state index in [1.54, 1.807) is 28.7 Å². The SMILES string of the molecule is CC[C@]1(O)C[C@H]2CN(CCc3c([nH]c4ccccc34)[C@@](C(=O)OC)(c3cc4c(cc3OC)N(C)[C@H]3[C@@](O)(C(=O)NCCSSCCNC(C)=O)[C@H](O)[C@]5(CC)C=CCN6CC[C@]43[C@@H]65)C2)C1. The summed E-state index contributed by atoms with van der Waals surface area (Å²) < 4.78 is 12.4. The van der Waals surface area contributed by atoms with E-state index in [-0.39, 0.29) is 24.4 Å². The van der Waals surface area contributed by atoms with Crippen molar-refractivity contribution in [3.8, 4) is 5.75 Å². The number of carbonyl (C=O) groups is 3. The molecule has 3 fully saturated rings. The molecule has 2 saturated heterocycles. The molecule has 352 valence electrons. The van der Waals surface area contributed by atoms with E-state index >= 15 is 4.79 Å². The molecule has 14 nitrogen and oxygen atoms in total. The van der Waals surface area contributed by atoms with Crippen molar-refractivity contribution in [3.63, 3.8) is 0 Å². The number of piperidine rings is 1. The maximum absolute atomic E-state index is 15.4. The Balaban J connectivity index is 1.22. The first-order chi connectivity index (χ1) is 31.2. The molecule has 5 aliphatic heterocycles. The van der Waals surface area contributed by atoms with Crippen molar-refractivity contribution in [2.75, 3.05) is 83.5 Å². The zero-order valence-electron chi connectivity index (χ0n) is 38.6. The van der Waals surface area contributed by atoms with E-state index in [4.69, 9.17) is 9.47 Å². The van der Waals surface area contributed by atoms with Crippen molar-refractivity contribution in [1.82, 2.24) is 25.4 Å². The molecule has 0 radical (unpaired) electrons. The number of hydrogen-bond donors (Lipinski definition) is 6. The maximum Gasteiger partial charge on any atom is 0.322 e. The number of benzene rings is 2. The van der Waals surface area contributed by atoms with Crippen LogP contribution in [0.5, 0.6) is 5.75 Å². The molecule has 1 spiro atoms. The molecular formula is C49H66N6O8S2. The number of fused-ring (bicyclic) bond motifs is 6. The van der Waals surface area contributed by atoms with Gasteiger partial charge < -0.3 is 45.3 Å². The minimum atomic E-state index is -2.26. The van der Waals surface area contributed by atoms with Gasteiger partial charge in [0.2, 0.25) is 5.91 Å². The van der Waals surface area contributed by atoms with E-state index in [1.165, 1.54) is 14.0 Å². The van der Waals surface area contributed by atoms with E-state index in [2.05, 4.69) is 49.7 Å². The Hall–Kier alpha value is -3.77. The molecule has 2 bridgehead atoms. The van der Waals surface area contributed by atoms with Crippen LogP contribution in [-0.4, -0.2) is 156 Å². The highest BCUT2D eigenvalue weighted by Gasteiger charge is 2.78. The number of carbonyl (C=O) groups excluding carboxylic acids is 3. The minimum Gasteiger partial charge on any atom is -0.496 e. The van der Waals surface area contributed by atoms with Gasteiger partial charge in [-0.2, -0.15) is 0 Å². The summed E-state index contributed by atoms with van der Waals surface area (Å²) >= 11 is 0. The van der Waals surface area contributed by atoms with Gasteiger partial charge in [0.05, 0.1) is 25.9 Å². The Labute approximate surface area is 390 Å². The molecule has 6 aliphatic rings. The third-order valence-electron chi connectivity index (χ3n) is 16.3. The van der Waals surface area contributed by atoms with Crippen LogP contribution in [0.3, 0.4) is 0 Å². The van der Waals surface area contributed by atoms with Gasteiger partial charge >= 0.3 is 5.97 Å². The predicted molar refractivity (Wildman–Crippen MR) is 255 cm³/mol. The minimum absolute atomic E-state index is 0.0772. The molecule has 65 heavy (non-hydrogen) atoms. The van der Waals surface area contributed by atoms with Crippen LogP contribution in [-0.2, 0) is 36.4 Å². The lowest BCUT2D eigenvalue weighted by Gasteiger charge is -2.63. The topological polar surface area (TPSA) is 180 Å². The standard InChI is InChI=1S/C49H66N6O8S2/c1-7-45(60)26-31-27-48(44(59)63-6,39-33(14-20-54(28-31)29-45)32-12-9-10-13-36(32)52-39)35-24-34-37(25-38(35)62-5)53(4)41-47(34)16-21-55-19-11-15-46(8-2,40(47)55)42(57)49(41,61)43(58)51-18-23-65-64-22-17-50-30(3)56/h9-13,15,24-25,31,40-42,52,57,60-61H,7-8,14,16-23,26-29H2,1-6H3,(H,50,56)(H,51,58)/t31-,40+,41-,42-,45+,46-,47-,48+,49+/m1/s1. The number of hydrogen-bond acceptors (Lipinski definition) is 13. The molecule has 6 N–H and O–H groups in total. The normalized spacial score (nSPS) is 34.7. The Kier molecular flexibility index (Phi) is 12.4. The lowest BCUT2D eigenvalue weighted by Crippen LogP contribution is -2.81. The van der Waals surface area contributed by atoms with E-state index in [9.17, 15) is 24.9 Å². The van der Waals surface area contributed by atoms with Gasteiger partial charge in [-0.05, 0) is 74.2 Å². The van der Waals surface area contributed by atoms with Crippen molar-refractivity contribution in [2.45, 2.75) is 99.5 Å². The second kappa shape index (κ2) is 17.4. The van der Waals surface area contributed by atoms with E-state index < -0.39 is 51.5 Å². The van der Waals surface area contributed by atoms with Crippen molar-refractivity contribution < 1.29 is 39.2 Å². The van der Waals surface area contributed by atoms with Crippen molar-refractivity contribution in [3.05, 3.63) is 70.9 Å². The van der Waals surface area contributed by atoms with Crippen molar-refractivity contribution >= 4 is 56.0 Å². The van der Waals surface area contributed by atoms with Crippen molar-refractivity contribution in [2.24, 2.45) is 11.3 Å². The molecule has 1 aromatic heterocycles. The number of aliphatic hydroxyl groups is 3. The first-order valence-electron chi connectivity index (χ1n) is 23.4. The number of nitrogens with zero attached hydrogens (tertiary/aromatic N) is 3. The molecule has 3 aromatic rings. The van der Waals surface area contributed by atoms with Crippen LogP contribution in [0.15, 0.2) is 48.6 Å². The van der Waals surface area contributed by atoms with Gasteiger partial charge in [0.1, 0.15) is 17.3 Å². The number of nitrogens with one attached hydrogen (secondary N) is 3. The summed E-state index contributed by atoms with van der Waals surface area (Å²) in [4.78, 5) is 52.2. The number of rotatable bonds is 13. The van der Waals surface area contributed by atoms with E-state index in [1.807, 2.05) is 50.1 Å². The molecular weight excluding hydrogens is 865 g/mol. The summed E-state index contributed by atoms with van der Waals surface area (Å²) in [5, 5.41) is 45.2. The highest BCUT2D eigenvalue weighted by molar-refractivity contribution is 8.76. The van der Waals surface area contributed by atoms with Crippen LogP contribution < -0.4 is 20.3 Å². The van der Waals surface area contributed by atoms with Gasteiger partial charge in [-0.25, -0.2) is 0 Å². The second-order valence-electron chi connectivity index (χ2n) is 19.5. The van der Waals surface area contributed by atoms with Gasteiger partial charge in [0.15, 0.2) is 5.60 Å². The summed E-state index contributed by atoms with van der Waals surface area (Å²) in [7, 11) is 8.13. The molecule has 1 aliphatic carbocycles. The monoisotopic (exact) mass is 930 g/mol. The second-order valence-corrected chi connectivity index (χ2v) is 22.2. The van der Waals surface area contributed by atoms with Crippen molar-refractivity contribution in [1.29, 1.82) is 0 Å². The first-order valence-corrected chi connectivity index (χ1v) is 25.9. The third-order valence-corrected chi connectivity index (χ3v) is 18.7. The lowest BCUT2D eigenvalue weighted by atomic mass is 9.47. The fraction of sp³-hybridized carbons (Fsp3) is 0.612. The Morgan fingerprint density at radius 1 is 0.969 bits per heavy atom. The number of methoxy groups -OCH3 is 2. The smallest absolute Gasteiger partial charge is 0.322 e. The van der Waals surface area contributed by atoms with Crippen LogP contribution in [0.2, 0.25) is 0 Å². The Morgan fingerprint density at radius 2 is 1.72 bits per heavy atom. The first kappa shape index (κ1) is 46.3. The number of anilines is 1. The van der Waals surface area contributed by atoms with Crippen LogP contribution >= 0.6 is 21.6 Å². The van der Waals surface area contributed by atoms with Crippen LogP contribution in [0.1, 0.15) is 75.3 Å². The number of H-pyrrole nitrogens is 1. The Morgan fingerprint density at radius 3 is 2.43 bits per heavy atom. The number of esters is 1. The summed E-state index contributed by atoms with van der Waals surface area (Å²) in [6.07, 6.45) is 5.84. The highest BCUT2D eigenvalue weighted by atomic mass is 33.1. The van der Waals surface area contributed by atoms with Gasteiger partial charge in [-0.1, -0.05) is 65.8 Å². The number of amides is 2. The highest BCUT2D eigenvalue weighted by Crippen LogP contribution is 2.67.